The number of aliphatic hydroxyl groups excluding tert-OH is 2. The van der Waals surface area contributed by atoms with Crippen LogP contribution in [0, 0.1) is 0 Å². The first-order valence-electron chi connectivity index (χ1n) is 6.81. The van der Waals surface area contributed by atoms with Crippen LogP contribution in [0.4, 0.5) is 0 Å². The fourth-order valence-electron chi connectivity index (χ4n) is 2.37. The van der Waals surface area contributed by atoms with Gasteiger partial charge in [-0.2, -0.15) is 0 Å². The zero-order chi connectivity index (χ0) is 12.7. The van der Waals surface area contributed by atoms with Crippen LogP contribution in [-0.2, 0) is 0 Å². The van der Waals surface area contributed by atoms with Crippen molar-refractivity contribution in [1.82, 2.24) is 9.80 Å². The highest BCUT2D eigenvalue weighted by molar-refractivity contribution is 4.72. The van der Waals surface area contributed by atoms with Gasteiger partial charge in [0.05, 0.1) is 12.7 Å². The third-order valence-electron chi connectivity index (χ3n) is 3.82. The minimum absolute atomic E-state index is 0.0220. The molecule has 2 fully saturated rings. The second-order valence-electron chi connectivity index (χ2n) is 5.35. The molecule has 0 saturated carbocycles. The van der Waals surface area contributed by atoms with Gasteiger partial charge in [0.25, 0.3) is 0 Å². The highest BCUT2D eigenvalue weighted by atomic mass is 16.3. The second-order valence-corrected chi connectivity index (χ2v) is 5.35. The summed E-state index contributed by atoms with van der Waals surface area (Å²) in [6, 6.07) is 0.443. The molecule has 2 N–H and O–H groups in total. The molecule has 17 heavy (non-hydrogen) atoms. The molecule has 0 radical (unpaired) electrons. The van der Waals surface area contributed by atoms with Crippen LogP contribution in [0.25, 0.3) is 0 Å². The zero-order valence-electron chi connectivity index (χ0n) is 11.3. The monoisotopic (exact) mass is 244 g/mol. The smallest absolute Gasteiger partial charge is 0.0586 e. The zero-order valence-corrected chi connectivity index (χ0v) is 11.3. The van der Waals surface area contributed by atoms with Crippen molar-refractivity contribution >= 4 is 0 Å². The Morgan fingerprint density at radius 2 is 1.65 bits per heavy atom. The molecule has 0 spiro atoms. The van der Waals surface area contributed by atoms with Crippen molar-refractivity contribution in [2.75, 3.05) is 40.3 Å². The number of piperidine rings is 2. The lowest BCUT2D eigenvalue weighted by atomic mass is 10.0. The quantitative estimate of drug-likeness (QED) is 0.706. The standard InChI is InChI=1S/C7H15NO.C6H13NO/c1-8-5-3-2-4-7(8)6-9;1-7-4-2-6(8)3-5-7/h7,9H,2-6H2,1H3;6,8H,2-5H2,1H3. The van der Waals surface area contributed by atoms with Gasteiger partial charge in [0.1, 0.15) is 0 Å². The first-order valence-corrected chi connectivity index (χ1v) is 6.81. The third-order valence-corrected chi connectivity index (χ3v) is 3.82. The number of rotatable bonds is 1. The second kappa shape index (κ2) is 8.03. The van der Waals surface area contributed by atoms with Gasteiger partial charge in [-0.1, -0.05) is 6.42 Å². The highest BCUT2D eigenvalue weighted by Gasteiger charge is 2.16. The van der Waals surface area contributed by atoms with Crippen LogP contribution in [0.1, 0.15) is 32.1 Å². The Morgan fingerprint density at radius 1 is 1.00 bits per heavy atom. The summed E-state index contributed by atoms with van der Waals surface area (Å²) in [7, 11) is 4.17. The van der Waals surface area contributed by atoms with E-state index in [1.54, 1.807) is 0 Å². The van der Waals surface area contributed by atoms with E-state index in [1.807, 2.05) is 0 Å². The Balaban J connectivity index is 0.000000171. The Bertz CT molecular complexity index is 184. The van der Waals surface area contributed by atoms with Crippen LogP contribution >= 0.6 is 0 Å². The summed E-state index contributed by atoms with van der Waals surface area (Å²) >= 11 is 0. The van der Waals surface area contributed by atoms with E-state index in [9.17, 15) is 0 Å². The Labute approximate surface area is 105 Å². The molecule has 102 valence electrons. The summed E-state index contributed by atoms with van der Waals surface area (Å²) in [6.07, 6.45) is 5.65. The topological polar surface area (TPSA) is 46.9 Å². The molecular formula is C13H28N2O2. The van der Waals surface area contributed by atoms with Gasteiger partial charge in [-0.3, -0.25) is 0 Å². The highest BCUT2D eigenvalue weighted by Crippen LogP contribution is 2.13. The lowest BCUT2D eigenvalue weighted by Gasteiger charge is -2.30. The average Bonchev–Trinajstić information content (AvgIpc) is 2.34. The van der Waals surface area contributed by atoms with Crippen molar-refractivity contribution in [2.45, 2.75) is 44.2 Å². The fraction of sp³-hybridized carbons (Fsp3) is 1.00. The maximum Gasteiger partial charge on any atom is 0.0586 e. The van der Waals surface area contributed by atoms with E-state index in [4.69, 9.17) is 10.2 Å². The van der Waals surface area contributed by atoms with Gasteiger partial charge in [-0.15, -0.1) is 0 Å². The van der Waals surface area contributed by atoms with E-state index in [-0.39, 0.29) is 6.10 Å². The van der Waals surface area contributed by atoms with Crippen LogP contribution in [0.5, 0.6) is 0 Å². The summed E-state index contributed by atoms with van der Waals surface area (Å²) in [5.74, 6) is 0. The van der Waals surface area contributed by atoms with Crippen LogP contribution in [-0.4, -0.2) is 72.5 Å². The van der Waals surface area contributed by atoms with E-state index >= 15 is 0 Å². The van der Waals surface area contributed by atoms with E-state index in [0.29, 0.717) is 12.6 Å². The van der Waals surface area contributed by atoms with Gasteiger partial charge in [-0.25, -0.2) is 0 Å². The number of aliphatic hydroxyl groups is 2. The van der Waals surface area contributed by atoms with E-state index < -0.39 is 0 Å². The first-order chi connectivity index (χ1) is 8.13. The molecule has 1 unspecified atom stereocenters. The van der Waals surface area contributed by atoms with Crippen molar-refractivity contribution in [2.24, 2.45) is 0 Å². The Morgan fingerprint density at radius 3 is 2.06 bits per heavy atom. The Hall–Kier alpha value is -0.160. The number of likely N-dealkylation sites (tertiary alicyclic amines) is 2. The number of likely N-dealkylation sites (N-methyl/N-ethyl adjacent to an activating group) is 1. The predicted molar refractivity (Wildman–Crippen MR) is 70.1 cm³/mol. The number of nitrogens with zero attached hydrogens (tertiary/aromatic N) is 2. The van der Waals surface area contributed by atoms with Crippen LogP contribution in [0.3, 0.4) is 0 Å². The fourth-order valence-corrected chi connectivity index (χ4v) is 2.37. The molecule has 0 bridgehead atoms. The van der Waals surface area contributed by atoms with Gasteiger partial charge >= 0.3 is 0 Å². The average molecular weight is 244 g/mol. The molecule has 0 amide bonds. The largest absolute Gasteiger partial charge is 0.395 e. The molecule has 0 aromatic rings. The lowest BCUT2D eigenvalue weighted by Crippen LogP contribution is -2.38. The minimum Gasteiger partial charge on any atom is -0.395 e. The normalized spacial score (nSPS) is 28.6. The third kappa shape index (κ3) is 5.82. The molecule has 0 aromatic carbocycles. The van der Waals surface area contributed by atoms with E-state index in [1.165, 1.54) is 19.3 Å². The molecule has 4 nitrogen and oxygen atoms in total. The van der Waals surface area contributed by atoms with Crippen molar-refractivity contribution < 1.29 is 10.2 Å². The Kier molecular flexibility index (Phi) is 7.04. The molecular weight excluding hydrogens is 216 g/mol. The molecule has 2 saturated heterocycles. The van der Waals surface area contributed by atoms with Crippen molar-refractivity contribution in [1.29, 1.82) is 0 Å². The summed E-state index contributed by atoms with van der Waals surface area (Å²) < 4.78 is 0. The van der Waals surface area contributed by atoms with Crippen LogP contribution in [0.2, 0.25) is 0 Å². The van der Waals surface area contributed by atoms with E-state index in [0.717, 1.165) is 32.5 Å². The molecule has 0 aromatic heterocycles. The summed E-state index contributed by atoms with van der Waals surface area (Å²) in [5.41, 5.74) is 0. The molecule has 1 atom stereocenters. The van der Waals surface area contributed by atoms with Crippen molar-refractivity contribution in [3.8, 4) is 0 Å². The van der Waals surface area contributed by atoms with Crippen molar-refractivity contribution in [3.05, 3.63) is 0 Å². The summed E-state index contributed by atoms with van der Waals surface area (Å²) in [6.45, 7) is 3.60. The summed E-state index contributed by atoms with van der Waals surface area (Å²) in [4.78, 5) is 4.48. The van der Waals surface area contributed by atoms with Gasteiger partial charge in [0.15, 0.2) is 0 Å². The maximum absolute atomic E-state index is 9.00. The lowest BCUT2D eigenvalue weighted by molar-refractivity contribution is 0.0943. The summed E-state index contributed by atoms with van der Waals surface area (Å²) in [5, 5.41) is 17.8. The van der Waals surface area contributed by atoms with Crippen molar-refractivity contribution in [3.63, 3.8) is 0 Å². The van der Waals surface area contributed by atoms with Gasteiger partial charge in [0.2, 0.25) is 0 Å². The van der Waals surface area contributed by atoms with Gasteiger partial charge < -0.3 is 20.0 Å². The van der Waals surface area contributed by atoms with Crippen LogP contribution in [0.15, 0.2) is 0 Å². The molecule has 2 heterocycles. The minimum atomic E-state index is -0.0220. The number of hydrogen-bond acceptors (Lipinski definition) is 4. The first kappa shape index (κ1) is 14.9. The molecule has 0 aliphatic carbocycles. The van der Waals surface area contributed by atoms with E-state index in [2.05, 4.69) is 23.9 Å². The predicted octanol–water partition coefficient (Wildman–Crippen LogP) is 0.536. The van der Waals surface area contributed by atoms with Crippen LogP contribution < -0.4 is 0 Å². The van der Waals surface area contributed by atoms with Gasteiger partial charge in [-0.05, 0) is 46.3 Å². The SMILES string of the molecule is CN1CCC(O)CC1.CN1CCCCC1CO. The molecule has 2 aliphatic heterocycles. The van der Waals surface area contributed by atoms with Gasteiger partial charge in [0, 0.05) is 19.1 Å². The molecule has 4 heteroatoms. The number of hydrogen-bond donors (Lipinski definition) is 2. The molecule has 2 rings (SSSR count). The maximum atomic E-state index is 9.00. The molecule has 2 aliphatic rings.